The molecule has 0 N–H and O–H groups in total. The topological polar surface area (TPSA) is 74.3 Å². The molecular weight excluding hydrogens is 662 g/mol. The molecule has 8 heteroatoms. The third kappa shape index (κ3) is 7.71. The summed E-state index contributed by atoms with van der Waals surface area (Å²) >= 11 is 6.48. The highest BCUT2D eigenvalue weighted by Crippen LogP contribution is 2.48. The largest absolute Gasteiger partial charge is 0.490 e. The van der Waals surface area contributed by atoms with Gasteiger partial charge >= 0.3 is 11.9 Å². The summed E-state index contributed by atoms with van der Waals surface area (Å²) in [6, 6.07) is 21.2. The van der Waals surface area contributed by atoms with E-state index in [4.69, 9.17) is 30.5 Å². The molecule has 1 fully saturated rings. The van der Waals surface area contributed by atoms with Crippen LogP contribution in [0.3, 0.4) is 0 Å². The molecule has 1 spiro atoms. The van der Waals surface area contributed by atoms with Crippen molar-refractivity contribution in [2.24, 2.45) is 17.8 Å². The van der Waals surface area contributed by atoms with Gasteiger partial charge in [-0.05, 0) is 143 Å². The van der Waals surface area contributed by atoms with Crippen LogP contribution >= 0.6 is 11.6 Å². The number of nitrogens with zero attached hydrogens (tertiary/aromatic N) is 1. The predicted molar refractivity (Wildman–Crippen MR) is 200 cm³/mol. The first-order valence-electron chi connectivity index (χ1n) is 18.5. The van der Waals surface area contributed by atoms with Crippen LogP contribution in [-0.4, -0.2) is 57.1 Å². The van der Waals surface area contributed by atoms with Gasteiger partial charge in [0.25, 0.3) is 0 Å². The number of methoxy groups -OCH3 is 1. The SMILES string of the molecule is CO[C@@H](C1=C[C@H](CCOC(=O)c2ccccc2)C1)[C@@H]1CC[C@H]1CN1C[C@@]2(CCCc3cc(Cl)ccc32)COc2ccc(C(=O)OC(C)(C)C)cc21. The lowest BCUT2D eigenvalue weighted by atomic mass is 9.65. The van der Waals surface area contributed by atoms with E-state index >= 15 is 0 Å². The number of carbonyl (C=O) groups is 2. The van der Waals surface area contributed by atoms with Gasteiger partial charge in [0, 0.05) is 30.6 Å². The molecule has 3 aliphatic carbocycles. The first-order chi connectivity index (χ1) is 24.5. The summed E-state index contributed by atoms with van der Waals surface area (Å²) in [6.07, 6.45) is 9.51. The molecule has 1 heterocycles. The molecule has 5 atom stereocenters. The maximum Gasteiger partial charge on any atom is 0.338 e. The number of allylic oxidation sites excluding steroid dienone is 1. The van der Waals surface area contributed by atoms with Crippen LogP contribution < -0.4 is 9.64 Å². The number of benzene rings is 3. The highest BCUT2D eigenvalue weighted by Gasteiger charge is 2.46. The minimum atomic E-state index is -0.590. The van der Waals surface area contributed by atoms with E-state index < -0.39 is 5.60 Å². The second kappa shape index (κ2) is 14.7. The first-order valence-corrected chi connectivity index (χ1v) is 18.9. The predicted octanol–water partition coefficient (Wildman–Crippen LogP) is 9.00. The Kier molecular flexibility index (Phi) is 10.2. The van der Waals surface area contributed by atoms with Crippen molar-refractivity contribution in [1.82, 2.24) is 0 Å². The van der Waals surface area contributed by atoms with Gasteiger partial charge in [-0.15, -0.1) is 0 Å². The number of rotatable bonds is 10. The van der Waals surface area contributed by atoms with Gasteiger partial charge in [0.15, 0.2) is 0 Å². The fourth-order valence-corrected chi connectivity index (χ4v) is 8.81. The molecule has 270 valence electrons. The number of fused-ring (bicyclic) bond motifs is 3. The van der Waals surface area contributed by atoms with Gasteiger partial charge in [-0.25, -0.2) is 9.59 Å². The Morgan fingerprint density at radius 3 is 2.55 bits per heavy atom. The van der Waals surface area contributed by atoms with E-state index in [0.29, 0.717) is 42.1 Å². The van der Waals surface area contributed by atoms with Gasteiger partial charge < -0.3 is 23.8 Å². The highest BCUT2D eigenvalue weighted by molar-refractivity contribution is 6.30. The molecule has 3 aromatic carbocycles. The van der Waals surface area contributed by atoms with E-state index in [1.807, 2.05) is 70.3 Å². The fourth-order valence-electron chi connectivity index (χ4n) is 8.61. The third-order valence-electron chi connectivity index (χ3n) is 11.3. The monoisotopic (exact) mass is 711 g/mol. The molecule has 0 saturated heterocycles. The summed E-state index contributed by atoms with van der Waals surface area (Å²) in [7, 11) is 1.83. The van der Waals surface area contributed by atoms with E-state index in [0.717, 1.165) is 74.5 Å². The number of carbonyl (C=O) groups excluding carboxylic acids is 2. The molecule has 1 aliphatic heterocycles. The van der Waals surface area contributed by atoms with Crippen molar-refractivity contribution < 1.29 is 28.5 Å². The molecule has 0 amide bonds. The molecule has 7 nitrogen and oxygen atoms in total. The maximum absolute atomic E-state index is 13.3. The Balaban J connectivity index is 1.09. The van der Waals surface area contributed by atoms with E-state index in [1.54, 1.807) is 12.1 Å². The van der Waals surface area contributed by atoms with Crippen molar-refractivity contribution in [3.8, 4) is 5.75 Å². The van der Waals surface area contributed by atoms with E-state index in [-0.39, 0.29) is 23.5 Å². The van der Waals surface area contributed by atoms with Gasteiger partial charge in [0.2, 0.25) is 0 Å². The van der Waals surface area contributed by atoms with Crippen molar-refractivity contribution >= 4 is 29.2 Å². The minimum absolute atomic E-state index is 0.0640. The van der Waals surface area contributed by atoms with Crippen molar-refractivity contribution in [2.45, 2.75) is 82.8 Å². The van der Waals surface area contributed by atoms with Crippen LogP contribution in [0.25, 0.3) is 0 Å². The van der Waals surface area contributed by atoms with Crippen molar-refractivity contribution in [2.75, 3.05) is 38.3 Å². The van der Waals surface area contributed by atoms with Crippen LogP contribution in [0.1, 0.15) is 91.1 Å². The molecule has 0 unspecified atom stereocenters. The Morgan fingerprint density at radius 2 is 1.82 bits per heavy atom. The molecular formula is C43H50ClNO6. The lowest BCUT2D eigenvalue weighted by Crippen LogP contribution is -2.50. The average molecular weight is 712 g/mol. The number of esters is 2. The van der Waals surface area contributed by atoms with Crippen molar-refractivity contribution in [1.29, 1.82) is 0 Å². The minimum Gasteiger partial charge on any atom is -0.490 e. The van der Waals surface area contributed by atoms with Gasteiger partial charge in [-0.1, -0.05) is 41.9 Å². The molecule has 51 heavy (non-hydrogen) atoms. The quantitative estimate of drug-likeness (QED) is 0.154. The molecule has 0 bridgehead atoms. The van der Waals surface area contributed by atoms with Crippen LogP contribution in [-0.2, 0) is 26.0 Å². The Labute approximate surface area is 307 Å². The van der Waals surface area contributed by atoms with Crippen LogP contribution in [0.4, 0.5) is 5.69 Å². The zero-order valence-corrected chi connectivity index (χ0v) is 31.0. The number of halogens is 1. The van der Waals surface area contributed by atoms with Gasteiger partial charge in [-0.2, -0.15) is 0 Å². The smallest absolute Gasteiger partial charge is 0.338 e. The standard InChI is InChI=1S/C43H50ClNO6/c1-42(2,3)51-41(47)31-13-17-38-37(24-31)45(26-43(27-50-38)19-8-11-30-23-34(44)14-16-36(30)43)25-32-12-15-35(32)39(48-4)33-21-28(22-33)18-20-49-40(46)29-9-6-5-7-10-29/h5-7,9-10,13-14,16-17,21,23-24,28,32,35,39H,8,11-12,15,18-20,22,25-27H2,1-4H3/t28-,32-,35+,39-,43-/m0/s1. The zero-order valence-electron chi connectivity index (χ0n) is 30.3. The Morgan fingerprint density at radius 1 is 1.02 bits per heavy atom. The maximum atomic E-state index is 13.3. The second-order valence-corrected chi connectivity index (χ2v) is 16.4. The number of ether oxygens (including phenoxy) is 4. The molecule has 1 saturated carbocycles. The lowest BCUT2D eigenvalue weighted by molar-refractivity contribution is -0.000159. The zero-order chi connectivity index (χ0) is 35.8. The van der Waals surface area contributed by atoms with E-state index in [2.05, 4.69) is 23.1 Å². The number of aryl methyl sites for hydroxylation is 1. The first kappa shape index (κ1) is 35.6. The third-order valence-corrected chi connectivity index (χ3v) is 11.5. The normalized spacial score (nSPS) is 24.5. The highest BCUT2D eigenvalue weighted by atomic mass is 35.5. The molecule has 0 radical (unpaired) electrons. The van der Waals surface area contributed by atoms with Gasteiger partial charge in [-0.3, -0.25) is 0 Å². The number of hydrogen-bond donors (Lipinski definition) is 0. The summed E-state index contributed by atoms with van der Waals surface area (Å²) in [4.78, 5) is 28.1. The molecule has 4 aliphatic rings. The summed E-state index contributed by atoms with van der Waals surface area (Å²) in [5, 5.41) is 0.770. The second-order valence-electron chi connectivity index (χ2n) is 15.9. The number of hydrogen-bond acceptors (Lipinski definition) is 7. The lowest BCUT2D eigenvalue weighted by Gasteiger charge is -2.47. The fraction of sp³-hybridized carbons (Fsp3) is 0.488. The van der Waals surface area contributed by atoms with E-state index in [1.165, 1.54) is 16.7 Å². The Bertz CT molecular complexity index is 1780. The van der Waals surface area contributed by atoms with Crippen LogP contribution in [0.15, 0.2) is 78.4 Å². The van der Waals surface area contributed by atoms with E-state index in [9.17, 15) is 9.59 Å². The summed E-state index contributed by atoms with van der Waals surface area (Å²) in [5.41, 5.74) is 5.26. The van der Waals surface area contributed by atoms with Crippen molar-refractivity contribution in [3.05, 3.63) is 106 Å². The van der Waals surface area contributed by atoms with Crippen LogP contribution in [0.2, 0.25) is 5.02 Å². The van der Waals surface area contributed by atoms with Crippen LogP contribution in [0, 0.1) is 17.8 Å². The molecule has 3 aromatic rings. The number of anilines is 1. The van der Waals surface area contributed by atoms with Gasteiger partial charge in [0.1, 0.15) is 11.4 Å². The summed E-state index contributed by atoms with van der Waals surface area (Å²) < 4.78 is 24.2. The molecule has 7 rings (SSSR count). The average Bonchev–Trinajstić information content (AvgIpc) is 3.23. The van der Waals surface area contributed by atoms with Crippen molar-refractivity contribution in [3.63, 3.8) is 0 Å². The van der Waals surface area contributed by atoms with Crippen LogP contribution in [0.5, 0.6) is 5.75 Å². The molecule has 0 aromatic heterocycles. The summed E-state index contributed by atoms with van der Waals surface area (Å²) in [5.74, 6) is 1.41. The van der Waals surface area contributed by atoms with Gasteiger partial charge in [0.05, 0.1) is 36.1 Å². The Hall–Kier alpha value is -3.81. The summed E-state index contributed by atoms with van der Waals surface area (Å²) in [6.45, 7) is 8.29.